The highest BCUT2D eigenvalue weighted by atomic mass is 16.5. The lowest BCUT2D eigenvalue weighted by atomic mass is 10.1. The molecule has 7 heteroatoms. The predicted octanol–water partition coefficient (Wildman–Crippen LogP) is 2.72. The third-order valence-corrected chi connectivity index (χ3v) is 4.52. The third-order valence-electron chi connectivity index (χ3n) is 4.52. The van der Waals surface area contributed by atoms with E-state index in [1.165, 1.54) is 0 Å². The van der Waals surface area contributed by atoms with E-state index in [2.05, 4.69) is 26.8 Å². The summed E-state index contributed by atoms with van der Waals surface area (Å²) in [6, 6.07) is 16.3. The highest BCUT2D eigenvalue weighted by molar-refractivity contribution is 5.75. The van der Waals surface area contributed by atoms with Gasteiger partial charge in [-0.05, 0) is 18.6 Å². The number of benzene rings is 2. The van der Waals surface area contributed by atoms with E-state index >= 15 is 0 Å². The largest absolute Gasteiger partial charge is 0.481 e. The molecule has 2 amide bonds. The van der Waals surface area contributed by atoms with Crippen molar-refractivity contribution >= 4 is 6.03 Å². The van der Waals surface area contributed by atoms with Gasteiger partial charge in [-0.1, -0.05) is 54.5 Å². The van der Waals surface area contributed by atoms with Crippen LogP contribution in [0.2, 0.25) is 0 Å². The summed E-state index contributed by atoms with van der Waals surface area (Å²) in [5, 5.41) is 14.2. The van der Waals surface area contributed by atoms with Crippen molar-refractivity contribution in [3.8, 4) is 18.1 Å². The fourth-order valence-electron chi connectivity index (χ4n) is 2.89. The first-order valence-electron chi connectivity index (χ1n) is 9.19. The Balaban J connectivity index is 1.73. The summed E-state index contributed by atoms with van der Waals surface area (Å²) in [4.78, 5) is 12.7. The zero-order valence-electron chi connectivity index (χ0n) is 16.4. The minimum absolute atomic E-state index is 0.171. The van der Waals surface area contributed by atoms with Crippen LogP contribution in [0.4, 0.5) is 4.79 Å². The minimum Gasteiger partial charge on any atom is -0.481 e. The molecule has 0 unspecified atom stereocenters. The van der Waals surface area contributed by atoms with Crippen LogP contribution in [0.25, 0.3) is 0 Å². The number of nitrogens with one attached hydrogen (secondary N) is 2. The Morgan fingerprint density at radius 2 is 1.90 bits per heavy atom. The fraction of sp³-hybridized carbons (Fsp3) is 0.227. The number of ether oxygens (including phenoxy) is 1. The van der Waals surface area contributed by atoms with Crippen LogP contribution in [0.5, 0.6) is 5.75 Å². The lowest BCUT2D eigenvalue weighted by Crippen LogP contribution is -2.39. The second kappa shape index (κ2) is 9.42. The SMILES string of the molecule is C#CCOc1ccccc1CNC(=O)N[C@H](c1ccccc1)c1nnc(C)n1C. The number of para-hydroxylation sites is 1. The Hall–Kier alpha value is -3.79. The van der Waals surface area contributed by atoms with Crippen LogP contribution in [-0.2, 0) is 13.6 Å². The van der Waals surface area contributed by atoms with Crippen molar-refractivity contribution in [1.82, 2.24) is 25.4 Å². The third kappa shape index (κ3) is 4.93. The number of urea groups is 1. The number of hydrogen-bond acceptors (Lipinski definition) is 4. The molecular formula is C22H23N5O2. The molecule has 1 heterocycles. The topological polar surface area (TPSA) is 81.1 Å². The molecule has 0 spiro atoms. The van der Waals surface area contributed by atoms with Gasteiger partial charge in [-0.2, -0.15) is 0 Å². The van der Waals surface area contributed by atoms with Gasteiger partial charge in [0.1, 0.15) is 24.2 Å². The number of aryl methyl sites for hydroxylation is 1. The van der Waals surface area contributed by atoms with E-state index in [0.717, 1.165) is 17.0 Å². The monoisotopic (exact) mass is 389 g/mol. The van der Waals surface area contributed by atoms with Crippen molar-refractivity contribution < 1.29 is 9.53 Å². The van der Waals surface area contributed by atoms with Gasteiger partial charge in [0.15, 0.2) is 5.82 Å². The van der Waals surface area contributed by atoms with Crippen LogP contribution in [0.1, 0.15) is 28.8 Å². The van der Waals surface area contributed by atoms with Gasteiger partial charge in [0.2, 0.25) is 0 Å². The van der Waals surface area contributed by atoms with Crippen molar-refractivity contribution in [1.29, 1.82) is 0 Å². The van der Waals surface area contributed by atoms with Crippen LogP contribution < -0.4 is 15.4 Å². The first kappa shape index (κ1) is 20.0. The molecule has 2 N–H and O–H groups in total. The van der Waals surface area contributed by atoms with E-state index in [-0.39, 0.29) is 12.6 Å². The Labute approximate surface area is 170 Å². The Morgan fingerprint density at radius 3 is 2.59 bits per heavy atom. The molecule has 0 fully saturated rings. The maximum Gasteiger partial charge on any atom is 0.315 e. The van der Waals surface area contributed by atoms with Gasteiger partial charge in [0.25, 0.3) is 0 Å². The summed E-state index contributed by atoms with van der Waals surface area (Å²) in [5.41, 5.74) is 1.75. The van der Waals surface area contributed by atoms with Gasteiger partial charge in [-0.15, -0.1) is 16.6 Å². The molecule has 0 aliphatic heterocycles. The molecular weight excluding hydrogens is 366 g/mol. The summed E-state index contributed by atoms with van der Waals surface area (Å²) >= 11 is 0. The van der Waals surface area contributed by atoms with E-state index in [9.17, 15) is 4.79 Å². The number of terminal acetylenes is 1. The predicted molar refractivity (Wildman–Crippen MR) is 110 cm³/mol. The molecule has 0 bridgehead atoms. The molecule has 3 aromatic rings. The van der Waals surface area contributed by atoms with Crippen LogP contribution in [0.15, 0.2) is 54.6 Å². The molecule has 148 valence electrons. The van der Waals surface area contributed by atoms with Gasteiger partial charge >= 0.3 is 6.03 Å². The first-order chi connectivity index (χ1) is 14.1. The average Bonchev–Trinajstić information content (AvgIpc) is 3.08. The van der Waals surface area contributed by atoms with Crippen LogP contribution in [-0.4, -0.2) is 27.4 Å². The minimum atomic E-state index is -0.435. The van der Waals surface area contributed by atoms with Crippen LogP contribution in [0, 0.1) is 19.3 Å². The number of amides is 2. The van der Waals surface area contributed by atoms with E-state index < -0.39 is 6.04 Å². The Kier molecular flexibility index (Phi) is 6.48. The van der Waals surface area contributed by atoms with Gasteiger partial charge in [-0.25, -0.2) is 4.79 Å². The van der Waals surface area contributed by atoms with Crippen molar-refractivity contribution in [3.63, 3.8) is 0 Å². The quantitative estimate of drug-likeness (QED) is 0.609. The number of rotatable bonds is 7. The summed E-state index contributed by atoms with van der Waals surface area (Å²) < 4.78 is 7.39. The smallest absolute Gasteiger partial charge is 0.315 e. The standard InChI is InChI=1S/C22H23N5O2/c1-4-14-29-19-13-9-8-12-18(19)15-23-22(28)24-20(17-10-6-5-7-11-17)21-26-25-16(2)27(21)3/h1,5-13,20H,14-15H2,2-3H3,(H2,23,24,28)/t20-/m1/s1. The maximum atomic E-state index is 12.7. The molecule has 7 nitrogen and oxygen atoms in total. The normalized spacial score (nSPS) is 11.3. The van der Waals surface area contributed by atoms with Gasteiger partial charge in [0, 0.05) is 19.2 Å². The Morgan fingerprint density at radius 1 is 1.17 bits per heavy atom. The van der Waals surface area contributed by atoms with Crippen molar-refractivity contribution in [3.05, 3.63) is 77.4 Å². The highest BCUT2D eigenvalue weighted by Gasteiger charge is 2.22. The number of carbonyl (C=O) groups excluding carboxylic acids is 1. The summed E-state index contributed by atoms with van der Waals surface area (Å²) in [6.07, 6.45) is 5.26. The lowest BCUT2D eigenvalue weighted by Gasteiger charge is -2.19. The fourth-order valence-corrected chi connectivity index (χ4v) is 2.89. The number of aromatic nitrogens is 3. The van der Waals surface area contributed by atoms with Crippen molar-refractivity contribution in [2.24, 2.45) is 7.05 Å². The average molecular weight is 389 g/mol. The molecule has 2 aromatic carbocycles. The number of carbonyl (C=O) groups is 1. The van der Waals surface area contributed by atoms with Crippen molar-refractivity contribution in [2.45, 2.75) is 19.5 Å². The summed E-state index contributed by atoms with van der Waals surface area (Å²) in [7, 11) is 1.87. The van der Waals surface area contributed by atoms with E-state index in [1.807, 2.05) is 73.1 Å². The zero-order chi connectivity index (χ0) is 20.6. The second-order valence-electron chi connectivity index (χ2n) is 6.44. The number of hydrogen-bond donors (Lipinski definition) is 2. The molecule has 0 aliphatic rings. The zero-order valence-corrected chi connectivity index (χ0v) is 16.4. The molecule has 1 aromatic heterocycles. The molecule has 0 aliphatic carbocycles. The van der Waals surface area contributed by atoms with E-state index in [0.29, 0.717) is 18.1 Å². The molecule has 29 heavy (non-hydrogen) atoms. The van der Waals surface area contributed by atoms with Crippen LogP contribution in [0.3, 0.4) is 0 Å². The summed E-state index contributed by atoms with van der Waals surface area (Å²) in [6.45, 7) is 2.34. The first-order valence-corrected chi connectivity index (χ1v) is 9.19. The highest BCUT2D eigenvalue weighted by Crippen LogP contribution is 2.21. The molecule has 1 atom stereocenters. The summed E-state index contributed by atoms with van der Waals surface area (Å²) in [5.74, 6) is 4.51. The van der Waals surface area contributed by atoms with Crippen molar-refractivity contribution in [2.75, 3.05) is 6.61 Å². The van der Waals surface area contributed by atoms with E-state index in [4.69, 9.17) is 11.2 Å². The second-order valence-corrected chi connectivity index (χ2v) is 6.44. The van der Waals surface area contributed by atoms with E-state index in [1.54, 1.807) is 0 Å². The molecule has 0 radical (unpaired) electrons. The molecule has 0 saturated heterocycles. The van der Waals surface area contributed by atoms with Crippen LogP contribution >= 0.6 is 0 Å². The molecule has 3 rings (SSSR count). The lowest BCUT2D eigenvalue weighted by molar-refractivity contribution is 0.237. The van der Waals surface area contributed by atoms with Gasteiger partial charge in [-0.3, -0.25) is 0 Å². The van der Waals surface area contributed by atoms with Gasteiger partial charge < -0.3 is 19.9 Å². The number of nitrogens with zero attached hydrogens (tertiary/aromatic N) is 3. The molecule has 0 saturated carbocycles. The Bertz CT molecular complexity index is 1010. The van der Waals surface area contributed by atoms with Gasteiger partial charge in [0.05, 0.1) is 0 Å². The maximum absolute atomic E-state index is 12.7.